The van der Waals surface area contributed by atoms with Crippen LogP contribution in [0.25, 0.3) is 0 Å². The summed E-state index contributed by atoms with van der Waals surface area (Å²) in [6.07, 6.45) is 2.85. The summed E-state index contributed by atoms with van der Waals surface area (Å²) in [4.78, 5) is 7.19. The molecule has 2 fully saturated rings. The first-order valence-corrected chi connectivity index (χ1v) is 10.6. The van der Waals surface area contributed by atoms with Crippen LogP contribution in [0, 0.1) is 0 Å². The lowest BCUT2D eigenvalue weighted by Gasteiger charge is -2.37. The summed E-state index contributed by atoms with van der Waals surface area (Å²) >= 11 is 0. The molecule has 2 aliphatic heterocycles. The maximum absolute atomic E-state index is 5.97. The lowest BCUT2D eigenvalue weighted by atomic mass is 10.1. The topological polar surface area (TPSA) is 55.3 Å². The Morgan fingerprint density at radius 3 is 2.55 bits per heavy atom. The van der Waals surface area contributed by atoms with Crippen LogP contribution in [-0.4, -0.2) is 62.0 Å². The largest absolute Gasteiger partial charge is 0.375 e. The SMILES string of the molecule is CCNC(=NCc1ccc(COC(C)C)cc1)N1CCOC(C2CCCO2)C1.I. The van der Waals surface area contributed by atoms with Gasteiger partial charge in [0.1, 0.15) is 6.10 Å². The van der Waals surface area contributed by atoms with E-state index in [1.807, 2.05) is 0 Å². The first-order chi connectivity index (χ1) is 13.7. The fraction of sp³-hybridized carbons (Fsp3) is 0.682. The van der Waals surface area contributed by atoms with Crippen molar-refractivity contribution in [3.8, 4) is 0 Å². The van der Waals surface area contributed by atoms with Crippen molar-refractivity contribution in [3.63, 3.8) is 0 Å². The molecule has 2 unspecified atom stereocenters. The Kier molecular flexibility index (Phi) is 10.7. The maximum atomic E-state index is 5.97. The summed E-state index contributed by atoms with van der Waals surface area (Å²) in [7, 11) is 0. The molecule has 0 saturated carbocycles. The Bertz CT molecular complexity index is 618. The number of hydrogen-bond donors (Lipinski definition) is 1. The van der Waals surface area contributed by atoms with Crippen molar-refractivity contribution in [2.45, 2.75) is 65.1 Å². The predicted molar refractivity (Wildman–Crippen MR) is 127 cm³/mol. The van der Waals surface area contributed by atoms with Gasteiger partial charge in [-0.05, 0) is 44.7 Å². The molecule has 2 aliphatic rings. The molecule has 0 radical (unpaired) electrons. The molecule has 0 amide bonds. The summed E-state index contributed by atoms with van der Waals surface area (Å²) in [5.74, 6) is 0.959. The van der Waals surface area contributed by atoms with Gasteiger partial charge in [-0.15, -0.1) is 24.0 Å². The first kappa shape index (κ1) is 24.4. The van der Waals surface area contributed by atoms with Crippen LogP contribution in [0.5, 0.6) is 0 Å². The number of aliphatic imine (C=N–C) groups is 1. The van der Waals surface area contributed by atoms with Crippen LogP contribution in [0.1, 0.15) is 44.7 Å². The van der Waals surface area contributed by atoms with Gasteiger partial charge in [-0.25, -0.2) is 4.99 Å². The second-order valence-electron chi connectivity index (χ2n) is 7.75. The van der Waals surface area contributed by atoms with Gasteiger partial charge in [0.05, 0.1) is 32.0 Å². The second-order valence-corrected chi connectivity index (χ2v) is 7.75. The number of guanidine groups is 1. The number of nitrogens with zero attached hydrogens (tertiary/aromatic N) is 2. The van der Waals surface area contributed by atoms with Crippen LogP contribution >= 0.6 is 24.0 Å². The highest BCUT2D eigenvalue weighted by Gasteiger charge is 2.32. The third-order valence-corrected chi connectivity index (χ3v) is 5.13. The van der Waals surface area contributed by atoms with Crippen LogP contribution in [0.15, 0.2) is 29.3 Å². The number of morpholine rings is 1. The van der Waals surface area contributed by atoms with Crippen LogP contribution in [-0.2, 0) is 27.4 Å². The van der Waals surface area contributed by atoms with E-state index in [2.05, 4.69) is 55.3 Å². The van der Waals surface area contributed by atoms with E-state index in [0.717, 1.165) is 51.6 Å². The zero-order valence-electron chi connectivity index (χ0n) is 17.9. The Morgan fingerprint density at radius 1 is 1.17 bits per heavy atom. The summed E-state index contributed by atoms with van der Waals surface area (Å²) in [5.41, 5.74) is 2.40. The van der Waals surface area contributed by atoms with Gasteiger partial charge in [0, 0.05) is 26.2 Å². The number of nitrogens with one attached hydrogen (secondary N) is 1. The fourth-order valence-electron chi connectivity index (χ4n) is 3.58. The minimum absolute atomic E-state index is 0. The minimum Gasteiger partial charge on any atom is -0.375 e. The van der Waals surface area contributed by atoms with Crippen molar-refractivity contribution in [1.82, 2.24) is 10.2 Å². The molecular formula is C22H36IN3O3. The predicted octanol–water partition coefficient (Wildman–Crippen LogP) is 3.57. The third-order valence-electron chi connectivity index (χ3n) is 5.13. The van der Waals surface area contributed by atoms with Crippen LogP contribution in [0.4, 0.5) is 0 Å². The van der Waals surface area contributed by atoms with Crippen molar-refractivity contribution in [3.05, 3.63) is 35.4 Å². The van der Waals surface area contributed by atoms with Crippen molar-refractivity contribution in [1.29, 1.82) is 0 Å². The van der Waals surface area contributed by atoms with Crippen LogP contribution in [0.3, 0.4) is 0 Å². The molecule has 2 atom stereocenters. The molecule has 29 heavy (non-hydrogen) atoms. The van der Waals surface area contributed by atoms with Crippen molar-refractivity contribution in [2.24, 2.45) is 4.99 Å². The van der Waals surface area contributed by atoms with E-state index >= 15 is 0 Å². The molecule has 164 valence electrons. The Hall–Kier alpha value is -0.900. The molecule has 0 spiro atoms. The second kappa shape index (κ2) is 12.7. The average Bonchev–Trinajstić information content (AvgIpc) is 3.25. The zero-order chi connectivity index (χ0) is 19.8. The highest BCUT2D eigenvalue weighted by atomic mass is 127. The monoisotopic (exact) mass is 517 g/mol. The number of benzene rings is 1. The normalized spacial score (nSPS) is 22.6. The van der Waals surface area contributed by atoms with Gasteiger partial charge in [-0.1, -0.05) is 24.3 Å². The van der Waals surface area contributed by atoms with Gasteiger partial charge < -0.3 is 24.4 Å². The highest BCUT2D eigenvalue weighted by Crippen LogP contribution is 2.21. The Labute approximate surface area is 192 Å². The van der Waals surface area contributed by atoms with E-state index in [-0.39, 0.29) is 42.3 Å². The minimum atomic E-state index is 0. The van der Waals surface area contributed by atoms with Gasteiger partial charge in [-0.2, -0.15) is 0 Å². The van der Waals surface area contributed by atoms with E-state index in [0.29, 0.717) is 13.2 Å². The van der Waals surface area contributed by atoms with Crippen molar-refractivity contribution in [2.75, 3.05) is 32.8 Å². The van der Waals surface area contributed by atoms with E-state index < -0.39 is 0 Å². The van der Waals surface area contributed by atoms with Crippen molar-refractivity contribution < 1.29 is 14.2 Å². The Morgan fingerprint density at radius 2 is 1.90 bits per heavy atom. The number of rotatable bonds is 7. The van der Waals surface area contributed by atoms with Gasteiger partial charge >= 0.3 is 0 Å². The van der Waals surface area contributed by atoms with Gasteiger partial charge in [0.15, 0.2) is 5.96 Å². The molecule has 1 aromatic carbocycles. The van der Waals surface area contributed by atoms with E-state index in [9.17, 15) is 0 Å². The molecule has 2 saturated heterocycles. The van der Waals surface area contributed by atoms with Gasteiger partial charge in [0.2, 0.25) is 0 Å². The van der Waals surface area contributed by atoms with E-state index in [1.54, 1.807) is 0 Å². The molecule has 6 nitrogen and oxygen atoms in total. The number of hydrogen-bond acceptors (Lipinski definition) is 4. The summed E-state index contributed by atoms with van der Waals surface area (Å²) in [6, 6.07) is 8.53. The Balaban J connectivity index is 0.00000300. The molecule has 7 heteroatoms. The standard InChI is InChI=1S/C22H35N3O3.HI/c1-4-23-22(25-11-13-27-21(15-25)20-6-5-12-26-20)24-14-18-7-9-19(10-8-18)16-28-17(2)3;/h7-10,17,20-21H,4-6,11-16H2,1-3H3,(H,23,24);1H. The quantitative estimate of drug-likeness (QED) is 0.341. The molecule has 3 rings (SSSR count). The van der Waals surface area contributed by atoms with Crippen LogP contribution < -0.4 is 5.32 Å². The van der Waals surface area contributed by atoms with Gasteiger partial charge in [-0.3, -0.25) is 0 Å². The molecule has 2 heterocycles. The van der Waals surface area contributed by atoms with E-state index in [4.69, 9.17) is 19.2 Å². The zero-order valence-corrected chi connectivity index (χ0v) is 20.3. The lowest BCUT2D eigenvalue weighted by molar-refractivity contribution is -0.0817. The van der Waals surface area contributed by atoms with Crippen molar-refractivity contribution >= 4 is 29.9 Å². The van der Waals surface area contributed by atoms with Crippen LogP contribution in [0.2, 0.25) is 0 Å². The number of ether oxygens (including phenoxy) is 3. The highest BCUT2D eigenvalue weighted by molar-refractivity contribution is 14.0. The first-order valence-electron chi connectivity index (χ1n) is 10.6. The smallest absolute Gasteiger partial charge is 0.194 e. The lowest BCUT2D eigenvalue weighted by Crippen LogP contribution is -2.53. The van der Waals surface area contributed by atoms with Gasteiger partial charge in [0.25, 0.3) is 0 Å². The molecule has 1 aromatic rings. The fourth-order valence-corrected chi connectivity index (χ4v) is 3.58. The third kappa shape index (κ3) is 7.70. The summed E-state index contributed by atoms with van der Waals surface area (Å²) < 4.78 is 17.5. The molecule has 0 bridgehead atoms. The molecular weight excluding hydrogens is 481 g/mol. The summed E-state index contributed by atoms with van der Waals surface area (Å²) in [5, 5.41) is 3.44. The molecule has 0 aromatic heterocycles. The maximum Gasteiger partial charge on any atom is 0.194 e. The average molecular weight is 517 g/mol. The molecule has 1 N–H and O–H groups in total. The summed E-state index contributed by atoms with van der Waals surface area (Å²) in [6.45, 7) is 11.7. The van der Waals surface area contributed by atoms with E-state index in [1.165, 1.54) is 11.1 Å². The number of halogens is 1. The molecule has 0 aliphatic carbocycles.